The Morgan fingerprint density at radius 3 is 0.739 bits per heavy atom. The lowest BCUT2D eigenvalue weighted by Crippen LogP contribution is -1.97. The van der Waals surface area contributed by atoms with Gasteiger partial charge in [-0.05, 0) is 44.5 Å². The minimum absolute atomic E-state index is 1.19. The summed E-state index contributed by atoms with van der Waals surface area (Å²) in [5, 5.41) is 2.52. The third kappa shape index (κ3) is 4.65. The summed E-state index contributed by atoms with van der Waals surface area (Å²) in [5.74, 6) is 0. The summed E-state index contributed by atoms with van der Waals surface area (Å²) in [4.78, 5) is 0. The van der Waals surface area contributed by atoms with E-state index in [9.17, 15) is 0 Å². The number of benzene rings is 7. The molecule has 0 aliphatic heterocycles. The normalized spacial score (nSPS) is 11.2. The number of hydrogen-bond donors (Lipinski definition) is 0. The number of nitrogens with zero attached hydrogens (tertiary/aromatic N) is 1. The highest BCUT2D eigenvalue weighted by atomic mass is 15.0. The number of hydrogen-bond acceptors (Lipinski definition) is 0. The van der Waals surface area contributed by atoms with Gasteiger partial charge in [-0.3, -0.25) is 0 Å². The molecule has 0 amide bonds. The smallest absolute Gasteiger partial charge is 0.0569 e. The van der Waals surface area contributed by atoms with Crippen molar-refractivity contribution in [1.82, 2.24) is 4.57 Å². The standard InChI is InChI=1S/C45H33N/c1-46-44(36-28-16-6-17-29-36)42-40(34-24-12-4-13-25-34)38(32-20-8-2-9-21-32)39(33-22-10-3-11-23-33)41(35-26-14-5-15-27-35)43(42)45(46)37-30-18-7-19-31-37/h2-31H,1H3. The van der Waals surface area contributed by atoms with Gasteiger partial charge in [0, 0.05) is 28.9 Å². The summed E-state index contributed by atoms with van der Waals surface area (Å²) in [7, 11) is 2.23. The van der Waals surface area contributed by atoms with E-state index in [2.05, 4.69) is 194 Å². The van der Waals surface area contributed by atoms with Gasteiger partial charge in [0.05, 0.1) is 11.4 Å². The molecule has 0 saturated carbocycles. The van der Waals surface area contributed by atoms with Crippen molar-refractivity contribution in [2.24, 2.45) is 7.05 Å². The Labute approximate surface area is 270 Å². The van der Waals surface area contributed by atoms with E-state index < -0.39 is 0 Å². The molecule has 46 heavy (non-hydrogen) atoms. The predicted octanol–water partition coefficient (Wildman–Crippen LogP) is 12.2. The van der Waals surface area contributed by atoms with E-state index >= 15 is 0 Å². The van der Waals surface area contributed by atoms with Gasteiger partial charge in [-0.1, -0.05) is 182 Å². The Bertz CT molecular complexity index is 2090. The molecule has 8 rings (SSSR count). The van der Waals surface area contributed by atoms with Crippen LogP contribution in [0.15, 0.2) is 182 Å². The molecule has 0 N–H and O–H groups in total. The summed E-state index contributed by atoms with van der Waals surface area (Å²) in [5.41, 5.74) is 14.6. The highest BCUT2D eigenvalue weighted by Crippen LogP contribution is 2.55. The summed E-state index contributed by atoms with van der Waals surface area (Å²) >= 11 is 0. The van der Waals surface area contributed by atoms with Crippen molar-refractivity contribution in [1.29, 1.82) is 0 Å². The van der Waals surface area contributed by atoms with Crippen molar-refractivity contribution < 1.29 is 0 Å². The molecule has 1 aromatic heterocycles. The number of fused-ring (bicyclic) bond motifs is 1. The molecule has 218 valence electrons. The second-order valence-corrected chi connectivity index (χ2v) is 11.7. The average Bonchev–Trinajstić information content (AvgIpc) is 3.44. The maximum atomic E-state index is 2.43. The molecular formula is C45H33N. The summed E-state index contributed by atoms with van der Waals surface area (Å²) in [6, 6.07) is 65.6. The topological polar surface area (TPSA) is 4.93 Å². The predicted molar refractivity (Wildman–Crippen MR) is 196 cm³/mol. The van der Waals surface area contributed by atoms with Gasteiger partial charge in [0.25, 0.3) is 0 Å². The van der Waals surface area contributed by atoms with E-state index in [1.54, 1.807) is 0 Å². The molecule has 0 aliphatic rings. The monoisotopic (exact) mass is 587 g/mol. The minimum Gasteiger partial charge on any atom is -0.343 e. The quantitative estimate of drug-likeness (QED) is 0.182. The van der Waals surface area contributed by atoms with E-state index in [0.717, 1.165) is 0 Å². The average molecular weight is 588 g/mol. The van der Waals surface area contributed by atoms with E-state index in [4.69, 9.17) is 0 Å². The van der Waals surface area contributed by atoms with Crippen molar-refractivity contribution >= 4 is 10.8 Å². The van der Waals surface area contributed by atoms with Crippen LogP contribution in [-0.4, -0.2) is 4.57 Å². The van der Waals surface area contributed by atoms with Crippen LogP contribution >= 0.6 is 0 Å². The second-order valence-electron chi connectivity index (χ2n) is 11.7. The molecule has 1 heterocycles. The zero-order valence-corrected chi connectivity index (χ0v) is 25.8. The summed E-state index contributed by atoms with van der Waals surface area (Å²) in [6.45, 7) is 0. The lowest BCUT2D eigenvalue weighted by atomic mass is 9.78. The van der Waals surface area contributed by atoms with Gasteiger partial charge < -0.3 is 4.57 Å². The zero-order valence-electron chi connectivity index (χ0n) is 25.8. The molecule has 1 heteroatoms. The third-order valence-corrected chi connectivity index (χ3v) is 8.99. The van der Waals surface area contributed by atoms with Crippen LogP contribution in [-0.2, 0) is 7.05 Å². The first kappa shape index (κ1) is 27.6. The van der Waals surface area contributed by atoms with Crippen LogP contribution in [0.4, 0.5) is 0 Å². The minimum atomic E-state index is 1.19. The first-order valence-electron chi connectivity index (χ1n) is 15.9. The zero-order chi connectivity index (χ0) is 30.9. The summed E-state index contributed by atoms with van der Waals surface area (Å²) in [6.07, 6.45) is 0. The van der Waals surface area contributed by atoms with Crippen LogP contribution in [0.5, 0.6) is 0 Å². The Balaban J connectivity index is 1.74. The van der Waals surface area contributed by atoms with Crippen LogP contribution in [0.2, 0.25) is 0 Å². The Morgan fingerprint density at radius 1 is 0.261 bits per heavy atom. The van der Waals surface area contributed by atoms with Crippen LogP contribution < -0.4 is 0 Å². The molecule has 7 aromatic carbocycles. The Morgan fingerprint density at radius 2 is 0.478 bits per heavy atom. The molecule has 8 aromatic rings. The van der Waals surface area contributed by atoms with Gasteiger partial charge in [-0.2, -0.15) is 0 Å². The van der Waals surface area contributed by atoms with E-state index in [1.807, 2.05) is 0 Å². The van der Waals surface area contributed by atoms with Gasteiger partial charge >= 0.3 is 0 Å². The number of rotatable bonds is 6. The Hall–Kier alpha value is -5.92. The Kier molecular flexibility index (Phi) is 7.13. The fourth-order valence-electron chi connectivity index (χ4n) is 7.11. The largest absolute Gasteiger partial charge is 0.343 e. The molecule has 0 atom stereocenters. The third-order valence-electron chi connectivity index (χ3n) is 8.99. The molecule has 0 aliphatic carbocycles. The van der Waals surface area contributed by atoms with Crippen LogP contribution in [0.25, 0.3) is 77.8 Å². The fraction of sp³-hybridized carbons (Fsp3) is 0.0222. The maximum Gasteiger partial charge on any atom is 0.0569 e. The van der Waals surface area contributed by atoms with Gasteiger partial charge in [-0.25, -0.2) is 0 Å². The number of aromatic nitrogens is 1. The highest BCUT2D eigenvalue weighted by Gasteiger charge is 2.30. The lowest BCUT2D eigenvalue weighted by Gasteiger charge is -2.24. The van der Waals surface area contributed by atoms with Crippen LogP contribution in [0.3, 0.4) is 0 Å². The van der Waals surface area contributed by atoms with E-state index in [0.29, 0.717) is 0 Å². The highest BCUT2D eigenvalue weighted by molar-refractivity contribution is 6.25. The first-order valence-corrected chi connectivity index (χ1v) is 15.9. The van der Waals surface area contributed by atoms with E-state index in [1.165, 1.54) is 77.8 Å². The fourth-order valence-corrected chi connectivity index (χ4v) is 7.11. The van der Waals surface area contributed by atoms with Gasteiger partial charge in [0.2, 0.25) is 0 Å². The van der Waals surface area contributed by atoms with Crippen molar-refractivity contribution in [2.45, 2.75) is 0 Å². The maximum absolute atomic E-state index is 2.43. The first-order chi connectivity index (χ1) is 22.8. The molecule has 0 unspecified atom stereocenters. The van der Waals surface area contributed by atoms with Crippen LogP contribution in [0, 0.1) is 0 Å². The molecule has 0 bridgehead atoms. The van der Waals surface area contributed by atoms with Crippen molar-refractivity contribution in [3.05, 3.63) is 182 Å². The van der Waals surface area contributed by atoms with Crippen molar-refractivity contribution in [2.75, 3.05) is 0 Å². The van der Waals surface area contributed by atoms with Gasteiger partial charge in [0.1, 0.15) is 0 Å². The van der Waals surface area contributed by atoms with Crippen LogP contribution in [0.1, 0.15) is 0 Å². The SMILES string of the molecule is Cn1c(-c2ccccc2)c2c(-c3ccccc3)c(-c3ccccc3)c(-c3ccccc3)c(-c3ccccc3)c2c1-c1ccccc1. The molecule has 0 fully saturated rings. The lowest BCUT2D eigenvalue weighted by molar-refractivity contribution is 0.951. The molecular weight excluding hydrogens is 555 g/mol. The van der Waals surface area contributed by atoms with E-state index in [-0.39, 0.29) is 0 Å². The van der Waals surface area contributed by atoms with Gasteiger partial charge in [-0.15, -0.1) is 0 Å². The van der Waals surface area contributed by atoms with Gasteiger partial charge in [0.15, 0.2) is 0 Å². The molecule has 0 spiro atoms. The second kappa shape index (κ2) is 11.9. The van der Waals surface area contributed by atoms with Crippen molar-refractivity contribution in [3.8, 4) is 67.0 Å². The molecule has 0 radical (unpaired) electrons. The molecule has 1 nitrogen and oxygen atoms in total. The van der Waals surface area contributed by atoms with Crippen molar-refractivity contribution in [3.63, 3.8) is 0 Å². The molecule has 0 saturated heterocycles. The summed E-state index contributed by atoms with van der Waals surface area (Å²) < 4.78 is 2.43.